The molecule has 0 aromatic carbocycles. The molecular formula is C14H19F3N4O3. The molecule has 0 spiro atoms. The summed E-state index contributed by atoms with van der Waals surface area (Å²) in [5.41, 5.74) is 0.597. The van der Waals surface area contributed by atoms with Gasteiger partial charge in [0.15, 0.2) is 0 Å². The predicted octanol–water partition coefficient (Wildman–Crippen LogP) is 1.41. The second-order valence-electron chi connectivity index (χ2n) is 5.84. The molecule has 1 saturated heterocycles. The number of alkyl halides is 3. The lowest BCUT2D eigenvalue weighted by atomic mass is 10.1. The van der Waals surface area contributed by atoms with Crippen molar-refractivity contribution in [1.82, 2.24) is 15.0 Å². The molecule has 24 heavy (non-hydrogen) atoms. The van der Waals surface area contributed by atoms with Gasteiger partial charge in [-0.05, 0) is 27.3 Å². The largest absolute Gasteiger partial charge is 0.406 e. The van der Waals surface area contributed by atoms with Crippen LogP contribution in [0.25, 0.3) is 0 Å². The third-order valence-electron chi connectivity index (χ3n) is 4.00. The molecule has 2 heterocycles. The number of carbonyl (C=O) groups excluding carboxylic acids is 2. The normalized spacial score (nSPS) is 19.9. The number of likely N-dealkylation sites (N-methyl/N-ethyl adjacent to an activating group) is 1. The van der Waals surface area contributed by atoms with Gasteiger partial charge in [-0.1, -0.05) is 5.16 Å². The molecule has 10 heteroatoms. The molecular weight excluding hydrogens is 329 g/mol. The number of halogens is 3. The number of aryl methyl sites for hydroxylation is 1. The van der Waals surface area contributed by atoms with Gasteiger partial charge in [0.2, 0.25) is 17.7 Å². The maximum atomic E-state index is 12.5. The van der Waals surface area contributed by atoms with Gasteiger partial charge in [-0.15, -0.1) is 0 Å². The molecule has 2 rings (SSSR count). The Labute approximate surface area is 136 Å². The number of rotatable bonds is 5. The number of likely N-dealkylation sites (tertiary alicyclic amines) is 1. The van der Waals surface area contributed by atoms with E-state index in [9.17, 15) is 22.8 Å². The average molecular weight is 348 g/mol. The minimum absolute atomic E-state index is 0.0169. The van der Waals surface area contributed by atoms with Crippen LogP contribution < -0.4 is 5.32 Å². The van der Waals surface area contributed by atoms with Crippen LogP contribution in [0, 0.1) is 6.92 Å². The highest BCUT2D eigenvalue weighted by Gasteiger charge is 2.42. The third-order valence-corrected chi connectivity index (χ3v) is 4.00. The van der Waals surface area contributed by atoms with Gasteiger partial charge in [0, 0.05) is 12.6 Å². The van der Waals surface area contributed by atoms with Crippen molar-refractivity contribution in [3.63, 3.8) is 0 Å². The second-order valence-corrected chi connectivity index (χ2v) is 5.84. The van der Waals surface area contributed by atoms with Crippen LogP contribution in [0.4, 0.5) is 19.1 Å². The SMILES string of the molecule is Cc1cc(NC(=O)[C@@H](C)N(C)[C@H]2CCN(CC(F)(F)F)C2=O)on1. The third kappa shape index (κ3) is 4.25. The molecule has 2 atom stereocenters. The van der Waals surface area contributed by atoms with E-state index in [-0.39, 0.29) is 18.8 Å². The number of hydrogen-bond acceptors (Lipinski definition) is 5. The highest BCUT2D eigenvalue weighted by atomic mass is 19.4. The number of nitrogens with zero attached hydrogens (tertiary/aromatic N) is 3. The van der Waals surface area contributed by atoms with Crippen molar-refractivity contribution in [3.05, 3.63) is 11.8 Å². The van der Waals surface area contributed by atoms with E-state index < -0.39 is 36.6 Å². The first-order valence-corrected chi connectivity index (χ1v) is 7.40. The van der Waals surface area contributed by atoms with Gasteiger partial charge in [0.05, 0.1) is 17.8 Å². The Morgan fingerprint density at radius 1 is 1.58 bits per heavy atom. The van der Waals surface area contributed by atoms with E-state index in [1.54, 1.807) is 13.8 Å². The lowest BCUT2D eigenvalue weighted by Crippen LogP contribution is -2.49. The minimum Gasteiger partial charge on any atom is -0.338 e. The molecule has 0 unspecified atom stereocenters. The molecule has 1 aromatic heterocycles. The van der Waals surface area contributed by atoms with Crippen LogP contribution in [0.1, 0.15) is 19.0 Å². The molecule has 1 aromatic rings. The van der Waals surface area contributed by atoms with E-state index in [2.05, 4.69) is 10.5 Å². The zero-order chi connectivity index (χ0) is 18.1. The van der Waals surface area contributed by atoms with Crippen LogP contribution >= 0.6 is 0 Å². The summed E-state index contributed by atoms with van der Waals surface area (Å²) in [6, 6.07) is 0.0518. The van der Waals surface area contributed by atoms with Gasteiger partial charge in [-0.25, -0.2) is 0 Å². The zero-order valence-electron chi connectivity index (χ0n) is 13.6. The van der Waals surface area contributed by atoms with Crippen molar-refractivity contribution in [2.24, 2.45) is 0 Å². The van der Waals surface area contributed by atoms with Gasteiger partial charge in [0.1, 0.15) is 6.54 Å². The summed E-state index contributed by atoms with van der Waals surface area (Å²) in [7, 11) is 1.54. The summed E-state index contributed by atoms with van der Waals surface area (Å²) >= 11 is 0. The van der Waals surface area contributed by atoms with Crippen molar-refractivity contribution in [2.75, 3.05) is 25.5 Å². The molecule has 0 bridgehead atoms. The molecule has 1 fully saturated rings. The van der Waals surface area contributed by atoms with Crippen molar-refractivity contribution in [2.45, 2.75) is 38.5 Å². The Balaban J connectivity index is 1.96. The number of aromatic nitrogens is 1. The van der Waals surface area contributed by atoms with E-state index in [0.29, 0.717) is 5.69 Å². The lowest BCUT2D eigenvalue weighted by Gasteiger charge is -2.28. The quantitative estimate of drug-likeness (QED) is 0.870. The second kappa shape index (κ2) is 6.80. The van der Waals surface area contributed by atoms with Gasteiger partial charge >= 0.3 is 6.18 Å². The number of anilines is 1. The summed E-state index contributed by atoms with van der Waals surface area (Å²) in [5, 5.41) is 6.15. The molecule has 1 aliphatic heterocycles. The van der Waals surface area contributed by atoms with E-state index in [4.69, 9.17) is 4.52 Å². The smallest absolute Gasteiger partial charge is 0.338 e. The van der Waals surface area contributed by atoms with Gasteiger partial charge in [-0.3, -0.25) is 19.8 Å². The van der Waals surface area contributed by atoms with Crippen LogP contribution in [0.15, 0.2) is 10.6 Å². The summed E-state index contributed by atoms with van der Waals surface area (Å²) < 4.78 is 42.2. The maximum Gasteiger partial charge on any atom is 0.406 e. The zero-order valence-corrected chi connectivity index (χ0v) is 13.6. The van der Waals surface area contributed by atoms with Crippen molar-refractivity contribution >= 4 is 17.7 Å². The molecule has 0 saturated carbocycles. The Hall–Kier alpha value is -2.10. The maximum absolute atomic E-state index is 12.5. The van der Waals surface area contributed by atoms with Gasteiger partial charge < -0.3 is 9.42 Å². The van der Waals surface area contributed by atoms with Gasteiger partial charge in [0.25, 0.3) is 0 Å². The monoisotopic (exact) mass is 348 g/mol. The highest BCUT2D eigenvalue weighted by molar-refractivity contribution is 5.94. The van der Waals surface area contributed by atoms with Crippen molar-refractivity contribution in [3.8, 4) is 0 Å². The fourth-order valence-electron chi connectivity index (χ4n) is 2.58. The molecule has 2 amide bonds. The van der Waals surface area contributed by atoms with E-state index in [1.165, 1.54) is 18.0 Å². The van der Waals surface area contributed by atoms with E-state index >= 15 is 0 Å². The molecule has 0 radical (unpaired) electrons. The molecule has 1 N–H and O–H groups in total. The average Bonchev–Trinajstić information content (AvgIpc) is 3.03. The topological polar surface area (TPSA) is 78.7 Å². The Kier molecular flexibility index (Phi) is 5.16. The fraction of sp³-hybridized carbons (Fsp3) is 0.643. The van der Waals surface area contributed by atoms with Crippen LogP contribution in [-0.4, -0.2) is 65.2 Å². The molecule has 1 aliphatic rings. The molecule has 7 nitrogen and oxygen atoms in total. The Morgan fingerprint density at radius 3 is 2.79 bits per heavy atom. The Morgan fingerprint density at radius 2 is 2.25 bits per heavy atom. The highest BCUT2D eigenvalue weighted by Crippen LogP contribution is 2.24. The lowest BCUT2D eigenvalue weighted by molar-refractivity contribution is -0.159. The van der Waals surface area contributed by atoms with E-state index in [0.717, 1.165) is 4.90 Å². The van der Waals surface area contributed by atoms with Crippen LogP contribution in [0.2, 0.25) is 0 Å². The van der Waals surface area contributed by atoms with Crippen LogP contribution in [0.5, 0.6) is 0 Å². The van der Waals surface area contributed by atoms with Crippen LogP contribution in [0.3, 0.4) is 0 Å². The standard InChI is InChI=1S/C14H19F3N4O3/c1-8-6-11(24-19-8)18-12(22)9(2)20(3)10-4-5-21(13(10)23)7-14(15,16)17/h6,9-10H,4-5,7H2,1-3H3,(H,18,22)/t9-,10+/m1/s1. The first-order chi connectivity index (χ1) is 11.1. The minimum atomic E-state index is -4.43. The van der Waals surface area contributed by atoms with Crippen molar-refractivity contribution in [1.29, 1.82) is 0 Å². The number of nitrogens with one attached hydrogen (secondary N) is 1. The number of carbonyl (C=O) groups is 2. The van der Waals surface area contributed by atoms with Gasteiger partial charge in [-0.2, -0.15) is 13.2 Å². The summed E-state index contributed by atoms with van der Waals surface area (Å²) in [6.45, 7) is 2.01. The van der Waals surface area contributed by atoms with Crippen LogP contribution in [-0.2, 0) is 9.59 Å². The molecule has 134 valence electrons. The van der Waals surface area contributed by atoms with Crippen molar-refractivity contribution < 1.29 is 27.3 Å². The Bertz CT molecular complexity index is 617. The number of hydrogen-bond donors (Lipinski definition) is 1. The summed E-state index contributed by atoms with van der Waals surface area (Å²) in [5.74, 6) is -0.880. The summed E-state index contributed by atoms with van der Waals surface area (Å²) in [6.07, 6.45) is -4.19. The predicted molar refractivity (Wildman–Crippen MR) is 78.1 cm³/mol. The molecule has 0 aliphatic carbocycles. The summed E-state index contributed by atoms with van der Waals surface area (Å²) in [4.78, 5) is 26.6. The fourth-order valence-corrected chi connectivity index (χ4v) is 2.58. The first kappa shape index (κ1) is 18.2. The first-order valence-electron chi connectivity index (χ1n) is 7.40. The number of amides is 2. The van der Waals surface area contributed by atoms with E-state index in [1.807, 2.05) is 0 Å².